The van der Waals surface area contributed by atoms with Crippen molar-refractivity contribution in [3.63, 3.8) is 0 Å². The average molecular weight is 472 g/mol. The Hall–Kier alpha value is -3.80. The number of hydrogen-bond acceptors (Lipinski definition) is 5. The van der Waals surface area contributed by atoms with Crippen LogP contribution in [0.1, 0.15) is 51.9 Å². The van der Waals surface area contributed by atoms with E-state index >= 15 is 0 Å². The lowest BCUT2D eigenvalue weighted by Gasteiger charge is -2.19. The van der Waals surface area contributed by atoms with Gasteiger partial charge in [0.25, 0.3) is 0 Å². The molecule has 0 spiro atoms. The molecule has 0 atom stereocenters. The van der Waals surface area contributed by atoms with E-state index in [1.165, 1.54) is 0 Å². The summed E-state index contributed by atoms with van der Waals surface area (Å²) in [5.74, 6) is 1.52. The van der Waals surface area contributed by atoms with E-state index < -0.39 is 11.8 Å². The van der Waals surface area contributed by atoms with Gasteiger partial charge in [0.05, 0.1) is 11.2 Å². The van der Waals surface area contributed by atoms with Crippen LogP contribution in [-0.2, 0) is 17.7 Å². The number of anilines is 1. The number of aromatic nitrogens is 2. The summed E-state index contributed by atoms with van der Waals surface area (Å²) in [6, 6.07) is 21.7. The molecule has 0 bridgehead atoms. The summed E-state index contributed by atoms with van der Waals surface area (Å²) in [6.45, 7) is 8.32. The molecule has 6 heteroatoms. The molecule has 0 fully saturated rings. The minimum Gasteiger partial charge on any atom is -0.428 e. The van der Waals surface area contributed by atoms with E-state index in [1.807, 2.05) is 63.2 Å². The van der Waals surface area contributed by atoms with E-state index in [4.69, 9.17) is 20.2 Å². The Balaban J connectivity index is 1.59. The number of carbonyl (C=O) groups excluding carboxylic acids is 1. The Kier molecular flexibility index (Phi) is 7.10. The first-order chi connectivity index (χ1) is 16.7. The molecule has 182 valence electrons. The number of hydrogen-bond donors (Lipinski definition) is 1. The molecule has 1 aromatic heterocycles. The van der Waals surface area contributed by atoms with Crippen LogP contribution < -0.4 is 10.5 Å². The highest BCUT2D eigenvalue weighted by atomic mass is 16.7. The van der Waals surface area contributed by atoms with Gasteiger partial charge in [-0.2, -0.15) is 0 Å². The molecule has 0 saturated carbocycles. The van der Waals surface area contributed by atoms with Crippen LogP contribution in [0.3, 0.4) is 0 Å². The van der Waals surface area contributed by atoms with E-state index in [0.29, 0.717) is 18.0 Å². The summed E-state index contributed by atoms with van der Waals surface area (Å²) < 4.78 is 13.1. The van der Waals surface area contributed by atoms with E-state index in [-0.39, 0.29) is 0 Å². The quantitative estimate of drug-likeness (QED) is 0.178. The number of fused-ring (bicyclic) bond motifs is 1. The van der Waals surface area contributed by atoms with Gasteiger partial charge in [-0.15, -0.1) is 0 Å². The van der Waals surface area contributed by atoms with Gasteiger partial charge in [-0.1, -0.05) is 61.9 Å². The van der Waals surface area contributed by atoms with Crippen LogP contribution in [0.15, 0.2) is 66.7 Å². The lowest BCUT2D eigenvalue weighted by molar-refractivity contribution is 0.0207. The number of para-hydroxylation sites is 2. The molecule has 1 heterocycles. The van der Waals surface area contributed by atoms with Crippen LogP contribution in [0.4, 0.5) is 10.5 Å². The lowest BCUT2D eigenvalue weighted by atomic mass is 10.0. The van der Waals surface area contributed by atoms with Crippen LogP contribution >= 0.6 is 0 Å². The first-order valence-corrected chi connectivity index (χ1v) is 12.1. The molecule has 0 saturated heterocycles. The van der Waals surface area contributed by atoms with Gasteiger partial charge in [0, 0.05) is 18.5 Å². The maximum atomic E-state index is 12.2. The highest BCUT2D eigenvalue weighted by Gasteiger charge is 2.19. The third kappa shape index (κ3) is 5.83. The van der Waals surface area contributed by atoms with Crippen molar-refractivity contribution in [2.75, 3.05) is 5.73 Å². The third-order valence-electron chi connectivity index (χ3n) is 5.72. The monoisotopic (exact) mass is 471 g/mol. The first-order valence-electron chi connectivity index (χ1n) is 12.1. The molecular weight excluding hydrogens is 438 g/mol. The molecule has 6 nitrogen and oxygen atoms in total. The van der Waals surface area contributed by atoms with Crippen LogP contribution in [0.2, 0.25) is 0 Å². The molecule has 0 aliphatic carbocycles. The number of nitrogens with zero attached hydrogens (tertiary/aromatic N) is 2. The van der Waals surface area contributed by atoms with Crippen molar-refractivity contribution in [1.82, 2.24) is 9.55 Å². The number of rotatable bonds is 7. The van der Waals surface area contributed by atoms with E-state index in [2.05, 4.69) is 29.7 Å². The van der Waals surface area contributed by atoms with Gasteiger partial charge in [-0.3, -0.25) is 0 Å². The predicted molar refractivity (Wildman–Crippen MR) is 141 cm³/mol. The second kappa shape index (κ2) is 10.2. The molecule has 0 radical (unpaired) electrons. The van der Waals surface area contributed by atoms with Crippen molar-refractivity contribution >= 4 is 22.9 Å². The van der Waals surface area contributed by atoms with Gasteiger partial charge in [0.1, 0.15) is 22.7 Å². The smallest absolute Gasteiger partial charge is 0.428 e. The Bertz CT molecular complexity index is 1320. The van der Waals surface area contributed by atoms with Crippen molar-refractivity contribution < 1.29 is 14.3 Å². The van der Waals surface area contributed by atoms with Crippen LogP contribution in [0, 0.1) is 0 Å². The average Bonchev–Trinajstić information content (AvgIpc) is 3.16. The number of ether oxygens (including phenoxy) is 2. The van der Waals surface area contributed by atoms with Gasteiger partial charge in [0.15, 0.2) is 0 Å². The standard InChI is InChI=1S/C29H33N3O3/c1-5-6-14-26-31-27-23(30)11-9-12-24(27)32(26)19-20-15-17-21(18-16-20)22-10-7-8-13-25(22)34-28(33)35-29(2,3)4/h7-13,15-18H,5-6,14,19,30H2,1-4H3. The normalized spacial score (nSPS) is 11.5. The third-order valence-corrected chi connectivity index (χ3v) is 5.72. The maximum Gasteiger partial charge on any atom is 0.514 e. The minimum atomic E-state index is -0.715. The summed E-state index contributed by atoms with van der Waals surface area (Å²) in [5.41, 5.74) is 11.1. The fraction of sp³-hybridized carbons (Fsp3) is 0.310. The Morgan fingerprint density at radius 1 is 1.00 bits per heavy atom. The van der Waals surface area contributed by atoms with Crippen molar-refractivity contribution in [2.45, 2.75) is 59.1 Å². The summed E-state index contributed by atoms with van der Waals surface area (Å²) in [4.78, 5) is 17.1. The Morgan fingerprint density at radius 3 is 2.46 bits per heavy atom. The van der Waals surface area contributed by atoms with E-state index in [9.17, 15) is 4.79 Å². The number of carbonyl (C=O) groups is 1. The minimum absolute atomic E-state index is 0.465. The van der Waals surface area contributed by atoms with Gasteiger partial charge >= 0.3 is 6.16 Å². The molecule has 0 amide bonds. The van der Waals surface area contributed by atoms with E-state index in [1.54, 1.807) is 6.07 Å². The summed E-state index contributed by atoms with van der Waals surface area (Å²) in [6.07, 6.45) is 2.39. The topological polar surface area (TPSA) is 79.4 Å². The maximum absolute atomic E-state index is 12.2. The molecule has 35 heavy (non-hydrogen) atoms. The van der Waals surface area contributed by atoms with Crippen LogP contribution in [-0.4, -0.2) is 21.3 Å². The van der Waals surface area contributed by atoms with Crippen molar-refractivity contribution in [1.29, 1.82) is 0 Å². The number of nitrogen functional groups attached to an aromatic ring is 1. The van der Waals surface area contributed by atoms with Crippen molar-refractivity contribution in [2.24, 2.45) is 0 Å². The fourth-order valence-corrected chi connectivity index (χ4v) is 4.05. The summed E-state index contributed by atoms with van der Waals surface area (Å²) in [7, 11) is 0. The zero-order valence-electron chi connectivity index (χ0n) is 20.9. The van der Waals surface area contributed by atoms with Gasteiger partial charge in [0.2, 0.25) is 0 Å². The summed E-state index contributed by atoms with van der Waals surface area (Å²) in [5, 5.41) is 0. The number of benzene rings is 3. The van der Waals surface area contributed by atoms with Crippen LogP contribution in [0.25, 0.3) is 22.2 Å². The molecule has 0 aliphatic heterocycles. The number of unbranched alkanes of at least 4 members (excludes halogenated alkanes) is 1. The van der Waals surface area contributed by atoms with Gasteiger partial charge in [-0.25, -0.2) is 9.78 Å². The molecular formula is C29H33N3O3. The second-order valence-corrected chi connectivity index (χ2v) is 9.69. The second-order valence-electron chi connectivity index (χ2n) is 9.69. The molecule has 4 rings (SSSR count). The highest BCUT2D eigenvalue weighted by molar-refractivity contribution is 5.87. The fourth-order valence-electron chi connectivity index (χ4n) is 4.05. The van der Waals surface area contributed by atoms with Gasteiger partial charge < -0.3 is 19.8 Å². The van der Waals surface area contributed by atoms with Crippen molar-refractivity contribution in [3.8, 4) is 16.9 Å². The largest absolute Gasteiger partial charge is 0.514 e. The predicted octanol–water partition coefficient (Wildman–Crippen LogP) is 6.99. The zero-order valence-corrected chi connectivity index (χ0v) is 20.9. The lowest BCUT2D eigenvalue weighted by Crippen LogP contribution is -2.26. The number of imidazole rings is 1. The summed E-state index contributed by atoms with van der Waals surface area (Å²) >= 11 is 0. The molecule has 0 aliphatic rings. The highest BCUT2D eigenvalue weighted by Crippen LogP contribution is 2.31. The molecule has 0 unspecified atom stereocenters. The van der Waals surface area contributed by atoms with E-state index in [0.717, 1.165) is 52.8 Å². The Labute approximate surface area is 206 Å². The zero-order chi connectivity index (χ0) is 25.0. The molecule has 3 aromatic carbocycles. The first kappa shape index (κ1) is 24.3. The Morgan fingerprint density at radius 2 is 1.74 bits per heavy atom. The SMILES string of the molecule is CCCCc1nc2c(N)cccc2n1Cc1ccc(-c2ccccc2OC(=O)OC(C)(C)C)cc1. The number of aryl methyl sites for hydroxylation is 1. The molecule has 2 N–H and O–H groups in total. The van der Waals surface area contributed by atoms with Gasteiger partial charge in [-0.05, 0) is 56.5 Å². The van der Waals surface area contributed by atoms with Crippen LogP contribution in [0.5, 0.6) is 5.75 Å². The number of nitrogens with two attached hydrogens (primary N) is 1. The molecule has 4 aromatic rings. The van der Waals surface area contributed by atoms with Crippen molar-refractivity contribution in [3.05, 3.63) is 78.1 Å².